The van der Waals surface area contributed by atoms with Gasteiger partial charge in [0.2, 0.25) is 0 Å². The molecule has 2 aromatic rings. The molecule has 3 rings (SSSR count). The van der Waals surface area contributed by atoms with Crippen molar-refractivity contribution in [1.82, 2.24) is 4.90 Å². The molecule has 1 saturated heterocycles. The summed E-state index contributed by atoms with van der Waals surface area (Å²) in [6.07, 6.45) is 5.04. The largest absolute Gasteiger partial charge is 0.497 e. The van der Waals surface area contributed by atoms with Crippen LogP contribution in [-0.4, -0.2) is 24.6 Å². The van der Waals surface area contributed by atoms with Gasteiger partial charge in [-0.15, -0.1) is 0 Å². The molecule has 2 aromatic carbocycles. The zero-order chi connectivity index (χ0) is 16.1. The Morgan fingerprint density at radius 2 is 1.78 bits per heavy atom. The first kappa shape index (κ1) is 16.1. The standard InChI is InChI=1S/C21H27NO/c1-17-8-6-7-15-22(17)21(16-18-9-4-3-5-10-18)19-11-13-20(23-2)14-12-19/h3-5,9-14,17,21H,6-8,15-16H2,1-2H3. The monoisotopic (exact) mass is 309 g/mol. The molecule has 2 atom stereocenters. The first-order chi connectivity index (χ1) is 11.3. The van der Waals surface area contributed by atoms with Crippen LogP contribution in [0.4, 0.5) is 0 Å². The van der Waals surface area contributed by atoms with Crippen LogP contribution in [0.3, 0.4) is 0 Å². The van der Waals surface area contributed by atoms with Gasteiger partial charge in [0.1, 0.15) is 5.75 Å². The number of benzene rings is 2. The number of methoxy groups -OCH3 is 1. The topological polar surface area (TPSA) is 12.5 Å². The maximum absolute atomic E-state index is 5.32. The summed E-state index contributed by atoms with van der Waals surface area (Å²) in [5, 5.41) is 0. The smallest absolute Gasteiger partial charge is 0.118 e. The average Bonchev–Trinajstić information content (AvgIpc) is 2.61. The molecule has 0 spiro atoms. The summed E-state index contributed by atoms with van der Waals surface area (Å²) < 4.78 is 5.32. The van der Waals surface area contributed by atoms with E-state index in [-0.39, 0.29) is 0 Å². The highest BCUT2D eigenvalue weighted by atomic mass is 16.5. The van der Waals surface area contributed by atoms with E-state index in [2.05, 4.69) is 66.4 Å². The molecule has 1 aliphatic rings. The second-order valence-electron chi connectivity index (χ2n) is 6.56. The Kier molecular flexibility index (Phi) is 5.35. The van der Waals surface area contributed by atoms with E-state index in [1.807, 2.05) is 0 Å². The lowest BCUT2D eigenvalue weighted by molar-refractivity contribution is 0.104. The molecular weight excluding hydrogens is 282 g/mol. The normalized spacial score (nSPS) is 20.2. The van der Waals surface area contributed by atoms with E-state index >= 15 is 0 Å². The van der Waals surface area contributed by atoms with Crippen LogP contribution < -0.4 is 4.74 Å². The number of piperidine rings is 1. The van der Waals surface area contributed by atoms with E-state index in [1.54, 1.807) is 7.11 Å². The molecular formula is C21H27NO. The fourth-order valence-corrected chi connectivity index (χ4v) is 3.67. The number of hydrogen-bond donors (Lipinski definition) is 0. The molecule has 1 aliphatic heterocycles. The Labute approximate surface area is 140 Å². The zero-order valence-electron chi connectivity index (χ0n) is 14.2. The number of likely N-dealkylation sites (tertiary alicyclic amines) is 1. The lowest BCUT2D eigenvalue weighted by atomic mass is 9.92. The van der Waals surface area contributed by atoms with Crippen molar-refractivity contribution in [2.45, 2.75) is 44.7 Å². The summed E-state index contributed by atoms with van der Waals surface area (Å²) in [5.74, 6) is 0.930. The molecule has 0 saturated carbocycles. The van der Waals surface area contributed by atoms with Gasteiger partial charge < -0.3 is 4.74 Å². The molecule has 1 heterocycles. The zero-order valence-corrected chi connectivity index (χ0v) is 14.2. The molecule has 0 aliphatic carbocycles. The highest BCUT2D eigenvalue weighted by Gasteiger charge is 2.27. The van der Waals surface area contributed by atoms with Crippen molar-refractivity contribution in [3.05, 3.63) is 65.7 Å². The van der Waals surface area contributed by atoms with Gasteiger partial charge in [0, 0.05) is 12.1 Å². The van der Waals surface area contributed by atoms with Gasteiger partial charge in [-0.1, -0.05) is 48.9 Å². The quantitative estimate of drug-likeness (QED) is 0.782. The molecule has 1 fully saturated rings. The first-order valence-corrected chi connectivity index (χ1v) is 8.71. The first-order valence-electron chi connectivity index (χ1n) is 8.71. The Bertz CT molecular complexity index is 593. The van der Waals surface area contributed by atoms with Gasteiger partial charge in [-0.2, -0.15) is 0 Å². The molecule has 0 bridgehead atoms. The molecule has 0 N–H and O–H groups in total. The van der Waals surface area contributed by atoms with Gasteiger partial charge in [-0.05, 0) is 56.0 Å². The van der Waals surface area contributed by atoms with Crippen molar-refractivity contribution in [3.8, 4) is 5.75 Å². The maximum atomic E-state index is 5.32. The Balaban J connectivity index is 1.88. The third-order valence-corrected chi connectivity index (χ3v) is 5.03. The van der Waals surface area contributed by atoms with Gasteiger partial charge in [0.15, 0.2) is 0 Å². The second-order valence-corrected chi connectivity index (χ2v) is 6.56. The number of ether oxygens (including phenoxy) is 1. The van der Waals surface area contributed by atoms with E-state index < -0.39 is 0 Å². The predicted octanol–water partition coefficient (Wildman–Crippen LogP) is 4.85. The Morgan fingerprint density at radius 3 is 2.43 bits per heavy atom. The second kappa shape index (κ2) is 7.65. The minimum Gasteiger partial charge on any atom is -0.497 e. The van der Waals surface area contributed by atoms with Crippen molar-refractivity contribution in [1.29, 1.82) is 0 Å². The molecule has 0 aromatic heterocycles. The van der Waals surface area contributed by atoms with Crippen LogP contribution in [0.15, 0.2) is 54.6 Å². The van der Waals surface area contributed by atoms with E-state index in [1.165, 1.54) is 36.9 Å². The summed E-state index contributed by atoms with van der Waals surface area (Å²) in [7, 11) is 1.73. The lowest BCUT2D eigenvalue weighted by Crippen LogP contribution is -2.41. The molecule has 0 amide bonds. The number of nitrogens with zero attached hydrogens (tertiary/aromatic N) is 1. The number of hydrogen-bond acceptors (Lipinski definition) is 2. The fraction of sp³-hybridized carbons (Fsp3) is 0.429. The molecule has 2 nitrogen and oxygen atoms in total. The minimum atomic E-state index is 0.443. The van der Waals surface area contributed by atoms with Crippen molar-refractivity contribution < 1.29 is 4.74 Å². The average molecular weight is 309 g/mol. The van der Waals surface area contributed by atoms with Crippen molar-refractivity contribution in [2.75, 3.05) is 13.7 Å². The fourth-order valence-electron chi connectivity index (χ4n) is 3.67. The third-order valence-electron chi connectivity index (χ3n) is 5.03. The van der Waals surface area contributed by atoms with Gasteiger partial charge >= 0.3 is 0 Å². The van der Waals surface area contributed by atoms with E-state index in [4.69, 9.17) is 4.74 Å². The van der Waals surface area contributed by atoms with Crippen molar-refractivity contribution >= 4 is 0 Å². The van der Waals surface area contributed by atoms with E-state index in [0.29, 0.717) is 12.1 Å². The van der Waals surface area contributed by atoms with Gasteiger partial charge in [-0.3, -0.25) is 4.90 Å². The molecule has 2 heteroatoms. The summed E-state index contributed by atoms with van der Waals surface area (Å²) in [6.45, 7) is 3.57. The Morgan fingerprint density at radius 1 is 1.04 bits per heavy atom. The Hall–Kier alpha value is -1.80. The van der Waals surface area contributed by atoms with Crippen LogP contribution in [0.5, 0.6) is 5.75 Å². The molecule has 0 radical (unpaired) electrons. The highest BCUT2D eigenvalue weighted by molar-refractivity contribution is 5.31. The molecule has 122 valence electrons. The summed E-state index contributed by atoms with van der Waals surface area (Å²) in [5.41, 5.74) is 2.80. The lowest BCUT2D eigenvalue weighted by Gasteiger charge is -2.40. The van der Waals surface area contributed by atoms with Crippen LogP contribution in [0.25, 0.3) is 0 Å². The number of rotatable bonds is 5. The SMILES string of the molecule is COc1ccc(C(Cc2ccccc2)N2CCCCC2C)cc1. The van der Waals surface area contributed by atoms with Crippen molar-refractivity contribution in [3.63, 3.8) is 0 Å². The highest BCUT2D eigenvalue weighted by Crippen LogP contribution is 2.32. The summed E-state index contributed by atoms with van der Waals surface area (Å²) in [6, 6.07) is 20.6. The van der Waals surface area contributed by atoms with Crippen LogP contribution >= 0.6 is 0 Å². The summed E-state index contributed by atoms with van der Waals surface area (Å²) in [4.78, 5) is 2.69. The van der Waals surface area contributed by atoms with Crippen LogP contribution in [0.2, 0.25) is 0 Å². The third kappa shape index (κ3) is 3.94. The van der Waals surface area contributed by atoms with Crippen LogP contribution in [0.1, 0.15) is 43.4 Å². The van der Waals surface area contributed by atoms with Crippen LogP contribution in [0, 0.1) is 0 Å². The van der Waals surface area contributed by atoms with E-state index in [9.17, 15) is 0 Å². The maximum Gasteiger partial charge on any atom is 0.118 e. The van der Waals surface area contributed by atoms with Crippen LogP contribution in [-0.2, 0) is 6.42 Å². The molecule has 2 unspecified atom stereocenters. The summed E-state index contributed by atoms with van der Waals surface area (Å²) >= 11 is 0. The predicted molar refractivity (Wildman–Crippen MR) is 95.9 cm³/mol. The van der Waals surface area contributed by atoms with Gasteiger partial charge in [0.05, 0.1) is 7.11 Å². The van der Waals surface area contributed by atoms with Gasteiger partial charge in [-0.25, -0.2) is 0 Å². The van der Waals surface area contributed by atoms with Crippen molar-refractivity contribution in [2.24, 2.45) is 0 Å². The van der Waals surface area contributed by atoms with Gasteiger partial charge in [0.25, 0.3) is 0 Å². The minimum absolute atomic E-state index is 0.443. The molecule has 23 heavy (non-hydrogen) atoms. The van der Waals surface area contributed by atoms with E-state index in [0.717, 1.165) is 12.2 Å².